The molecule has 2 amide bonds. The molecule has 0 radical (unpaired) electrons. The normalized spacial score (nSPS) is 15.1. The molecule has 0 spiro atoms. The Hall–Kier alpha value is -2.21. The Morgan fingerprint density at radius 2 is 1.78 bits per heavy atom. The van der Waals surface area contributed by atoms with Crippen LogP contribution >= 0.6 is 11.3 Å². The van der Waals surface area contributed by atoms with Gasteiger partial charge < -0.3 is 10.6 Å². The minimum atomic E-state index is -0.260. The molecule has 1 saturated heterocycles. The summed E-state index contributed by atoms with van der Waals surface area (Å²) in [6.07, 6.45) is 4.20. The number of hydrogen-bond donors (Lipinski definition) is 1. The lowest BCUT2D eigenvalue weighted by Crippen LogP contribution is -2.38. The van der Waals surface area contributed by atoms with E-state index in [0.29, 0.717) is 18.8 Å². The van der Waals surface area contributed by atoms with E-state index in [2.05, 4.69) is 29.2 Å². The number of nitrogens with zero attached hydrogens (tertiary/aromatic N) is 2. The minimum Gasteiger partial charge on any atom is -0.370 e. The van der Waals surface area contributed by atoms with Crippen LogP contribution in [0.25, 0.3) is 0 Å². The van der Waals surface area contributed by atoms with Crippen LogP contribution in [0.5, 0.6) is 0 Å². The van der Waals surface area contributed by atoms with Crippen LogP contribution in [0.4, 0.5) is 0 Å². The van der Waals surface area contributed by atoms with Crippen molar-refractivity contribution in [2.45, 2.75) is 46.0 Å². The lowest BCUT2D eigenvalue weighted by molar-refractivity contribution is -0.117. The predicted octanol–water partition coefficient (Wildman–Crippen LogP) is 3.27. The lowest BCUT2D eigenvalue weighted by atomic mass is 9.89. The predicted molar refractivity (Wildman–Crippen MR) is 108 cm³/mol. The fraction of sp³-hybridized carbons (Fsp3) is 0.476. The highest BCUT2D eigenvalue weighted by atomic mass is 32.1. The van der Waals surface area contributed by atoms with E-state index in [1.165, 1.54) is 16.9 Å². The summed E-state index contributed by atoms with van der Waals surface area (Å²) in [5.74, 6) is 0.481. The van der Waals surface area contributed by atoms with Crippen molar-refractivity contribution in [2.75, 3.05) is 13.1 Å². The number of carbonyl (C=O) groups is 2. The van der Waals surface area contributed by atoms with Gasteiger partial charge in [0.1, 0.15) is 4.88 Å². The minimum absolute atomic E-state index is 0.135. The van der Waals surface area contributed by atoms with Crippen molar-refractivity contribution < 1.29 is 9.59 Å². The van der Waals surface area contributed by atoms with Gasteiger partial charge in [-0.3, -0.25) is 9.59 Å². The van der Waals surface area contributed by atoms with Crippen molar-refractivity contribution in [1.29, 1.82) is 0 Å². The van der Waals surface area contributed by atoms with E-state index in [1.807, 2.05) is 18.7 Å². The lowest BCUT2D eigenvalue weighted by Gasteiger charge is -2.32. The molecule has 1 aromatic carbocycles. The molecule has 6 heteroatoms. The zero-order valence-electron chi connectivity index (χ0n) is 16.0. The number of aryl methyl sites for hydroxylation is 3. The van der Waals surface area contributed by atoms with Gasteiger partial charge in [-0.1, -0.05) is 24.3 Å². The van der Waals surface area contributed by atoms with Crippen LogP contribution in [0, 0.1) is 19.8 Å². The van der Waals surface area contributed by atoms with E-state index in [4.69, 9.17) is 5.73 Å². The summed E-state index contributed by atoms with van der Waals surface area (Å²) in [6.45, 7) is 5.49. The highest BCUT2D eigenvalue weighted by Gasteiger charge is 2.26. The van der Waals surface area contributed by atoms with Gasteiger partial charge in [0.25, 0.3) is 5.91 Å². The maximum atomic E-state index is 12.7. The molecule has 1 aromatic heterocycles. The number of benzene rings is 1. The van der Waals surface area contributed by atoms with E-state index in [-0.39, 0.29) is 11.8 Å². The van der Waals surface area contributed by atoms with Gasteiger partial charge in [0.15, 0.2) is 0 Å². The number of nitrogens with two attached hydrogens (primary N) is 1. The molecule has 0 atom stereocenters. The third-order valence-electron chi connectivity index (χ3n) is 5.21. The van der Waals surface area contributed by atoms with Crippen LogP contribution in [0.2, 0.25) is 0 Å². The number of piperidine rings is 1. The molecule has 2 heterocycles. The summed E-state index contributed by atoms with van der Waals surface area (Å²) in [5, 5.41) is 0.949. The van der Waals surface area contributed by atoms with Crippen molar-refractivity contribution in [3.05, 3.63) is 51.0 Å². The summed E-state index contributed by atoms with van der Waals surface area (Å²) in [7, 11) is 0. The highest BCUT2D eigenvalue weighted by Crippen LogP contribution is 2.25. The number of rotatable bonds is 6. The topological polar surface area (TPSA) is 76.3 Å². The van der Waals surface area contributed by atoms with Crippen molar-refractivity contribution in [2.24, 2.45) is 11.7 Å². The van der Waals surface area contributed by atoms with Crippen molar-refractivity contribution in [3.63, 3.8) is 0 Å². The summed E-state index contributed by atoms with van der Waals surface area (Å²) < 4.78 is 0. The molecule has 5 nitrogen and oxygen atoms in total. The molecule has 27 heavy (non-hydrogen) atoms. The van der Waals surface area contributed by atoms with Gasteiger partial charge in [-0.25, -0.2) is 4.98 Å². The van der Waals surface area contributed by atoms with Crippen LogP contribution < -0.4 is 5.73 Å². The summed E-state index contributed by atoms with van der Waals surface area (Å²) in [6, 6.07) is 8.48. The number of likely N-dealkylation sites (tertiary alicyclic amines) is 1. The van der Waals surface area contributed by atoms with Gasteiger partial charge in [-0.15, -0.1) is 11.3 Å². The average Bonchev–Trinajstić information content (AvgIpc) is 2.99. The van der Waals surface area contributed by atoms with Crippen LogP contribution in [-0.2, 0) is 17.6 Å². The first-order valence-corrected chi connectivity index (χ1v) is 10.3. The molecule has 0 aliphatic carbocycles. The number of thiazole rings is 1. The fourth-order valence-corrected chi connectivity index (χ4v) is 4.54. The standard InChI is InChI=1S/C21H27N3O2S/c1-14-20(27-15(2)23-14)21(26)24-11-9-18(10-12-24)13-17-5-3-16(4-6-17)7-8-19(22)25/h3-6,18H,7-13H2,1-2H3,(H2,22,25). The molecule has 2 aromatic rings. The van der Waals surface area contributed by atoms with Crippen LogP contribution in [0.3, 0.4) is 0 Å². The molecule has 0 saturated carbocycles. The quantitative estimate of drug-likeness (QED) is 0.829. The Bertz CT molecular complexity index is 805. The van der Waals surface area contributed by atoms with Gasteiger partial charge >= 0.3 is 0 Å². The van der Waals surface area contributed by atoms with E-state index in [0.717, 1.165) is 53.5 Å². The van der Waals surface area contributed by atoms with E-state index < -0.39 is 0 Å². The molecule has 1 fully saturated rings. The maximum Gasteiger partial charge on any atom is 0.265 e. The summed E-state index contributed by atoms with van der Waals surface area (Å²) >= 11 is 1.50. The maximum absolute atomic E-state index is 12.7. The van der Waals surface area contributed by atoms with Crippen molar-refractivity contribution in [1.82, 2.24) is 9.88 Å². The van der Waals surface area contributed by atoms with Gasteiger partial charge in [0, 0.05) is 19.5 Å². The summed E-state index contributed by atoms with van der Waals surface area (Å²) in [4.78, 5) is 30.7. The first-order valence-electron chi connectivity index (χ1n) is 9.52. The van der Waals surface area contributed by atoms with Gasteiger partial charge in [0.05, 0.1) is 10.7 Å². The molecule has 3 rings (SSSR count). The fourth-order valence-electron chi connectivity index (χ4n) is 3.66. The molecule has 0 unspecified atom stereocenters. The molecular weight excluding hydrogens is 358 g/mol. The molecule has 0 bridgehead atoms. The van der Waals surface area contributed by atoms with Gasteiger partial charge in [0.2, 0.25) is 5.91 Å². The van der Waals surface area contributed by atoms with Crippen LogP contribution in [-0.4, -0.2) is 34.8 Å². The molecule has 1 aliphatic rings. The number of hydrogen-bond acceptors (Lipinski definition) is 4. The Labute approximate surface area is 164 Å². The first-order chi connectivity index (χ1) is 12.9. The SMILES string of the molecule is Cc1nc(C)c(C(=O)N2CCC(Cc3ccc(CCC(N)=O)cc3)CC2)s1. The van der Waals surface area contributed by atoms with E-state index in [1.54, 1.807) is 0 Å². The number of carbonyl (C=O) groups excluding carboxylic acids is 2. The number of amides is 2. The third kappa shape index (κ3) is 5.16. The smallest absolute Gasteiger partial charge is 0.265 e. The largest absolute Gasteiger partial charge is 0.370 e. The average molecular weight is 386 g/mol. The van der Waals surface area contributed by atoms with E-state index >= 15 is 0 Å². The monoisotopic (exact) mass is 385 g/mol. The number of primary amides is 1. The number of aromatic nitrogens is 1. The Morgan fingerprint density at radius 3 is 2.33 bits per heavy atom. The molecule has 144 valence electrons. The second-order valence-corrected chi connectivity index (χ2v) is 8.57. The second kappa shape index (κ2) is 8.65. The van der Waals surface area contributed by atoms with Crippen molar-refractivity contribution in [3.8, 4) is 0 Å². The zero-order valence-corrected chi connectivity index (χ0v) is 16.8. The van der Waals surface area contributed by atoms with Crippen LogP contribution in [0.15, 0.2) is 24.3 Å². The summed E-state index contributed by atoms with van der Waals surface area (Å²) in [5.41, 5.74) is 8.51. The molecule has 2 N–H and O–H groups in total. The highest BCUT2D eigenvalue weighted by molar-refractivity contribution is 7.13. The first kappa shape index (κ1) is 19.5. The Morgan fingerprint density at radius 1 is 1.15 bits per heavy atom. The second-order valence-electron chi connectivity index (χ2n) is 7.37. The third-order valence-corrected chi connectivity index (χ3v) is 6.27. The zero-order chi connectivity index (χ0) is 19.4. The van der Waals surface area contributed by atoms with Gasteiger partial charge in [-0.05, 0) is 56.6 Å². The van der Waals surface area contributed by atoms with E-state index in [9.17, 15) is 9.59 Å². The molecular formula is C21H27N3O2S. The van der Waals surface area contributed by atoms with Gasteiger partial charge in [-0.2, -0.15) is 0 Å². The van der Waals surface area contributed by atoms with Crippen molar-refractivity contribution >= 4 is 23.2 Å². The van der Waals surface area contributed by atoms with Crippen LogP contribution in [0.1, 0.15) is 50.8 Å². The molecule has 1 aliphatic heterocycles. The Kier molecular flexibility index (Phi) is 6.26. The Balaban J connectivity index is 1.50.